The lowest BCUT2D eigenvalue weighted by atomic mass is 10.0. The highest BCUT2D eigenvalue weighted by Gasteiger charge is 2.28. The molecule has 1 saturated heterocycles. The van der Waals surface area contributed by atoms with Crippen molar-refractivity contribution >= 4 is 10.0 Å². The van der Waals surface area contributed by atoms with E-state index in [1.165, 1.54) is 11.3 Å². The number of nitrogens with zero attached hydrogens (tertiary/aromatic N) is 4. The molecule has 0 N–H and O–H groups in total. The molecule has 7 heteroatoms. The van der Waals surface area contributed by atoms with Crippen molar-refractivity contribution < 1.29 is 8.42 Å². The fourth-order valence-corrected chi connectivity index (χ4v) is 4.92. The molecule has 1 aromatic carbocycles. The summed E-state index contributed by atoms with van der Waals surface area (Å²) in [5, 5.41) is 4.40. The van der Waals surface area contributed by atoms with Crippen LogP contribution >= 0.6 is 0 Å². The summed E-state index contributed by atoms with van der Waals surface area (Å²) in [5.74, 6) is 0.394. The van der Waals surface area contributed by atoms with E-state index in [4.69, 9.17) is 0 Å². The van der Waals surface area contributed by atoms with Gasteiger partial charge in [-0.2, -0.15) is 9.40 Å². The van der Waals surface area contributed by atoms with Crippen LogP contribution in [0.3, 0.4) is 0 Å². The summed E-state index contributed by atoms with van der Waals surface area (Å²) in [7, 11) is -3.42. The van der Waals surface area contributed by atoms with Gasteiger partial charge in [0, 0.05) is 50.5 Å². The molecule has 1 aromatic heterocycles. The third kappa shape index (κ3) is 4.25. The van der Waals surface area contributed by atoms with E-state index in [0.29, 0.717) is 23.9 Å². The minimum atomic E-state index is -3.42. The van der Waals surface area contributed by atoms with E-state index < -0.39 is 10.0 Å². The van der Waals surface area contributed by atoms with E-state index in [-0.39, 0.29) is 0 Å². The van der Waals surface area contributed by atoms with Gasteiger partial charge in [-0.15, -0.1) is 0 Å². The van der Waals surface area contributed by atoms with Crippen LogP contribution in [0.2, 0.25) is 0 Å². The van der Waals surface area contributed by atoms with E-state index in [0.717, 1.165) is 31.7 Å². The molecule has 0 radical (unpaired) electrons. The van der Waals surface area contributed by atoms with E-state index >= 15 is 0 Å². The Bertz CT molecular complexity index is 864. The van der Waals surface area contributed by atoms with Crippen LogP contribution in [0.5, 0.6) is 0 Å². The zero-order valence-corrected chi connectivity index (χ0v) is 17.5. The average molecular weight is 391 g/mol. The summed E-state index contributed by atoms with van der Waals surface area (Å²) in [5.41, 5.74) is 3.57. The normalized spacial score (nSPS) is 16.9. The minimum absolute atomic E-state index is 0.389. The Hall–Kier alpha value is -1.70. The highest BCUT2D eigenvalue weighted by molar-refractivity contribution is 7.89. The van der Waals surface area contributed by atoms with Crippen LogP contribution < -0.4 is 0 Å². The van der Waals surface area contributed by atoms with Gasteiger partial charge in [0.2, 0.25) is 10.0 Å². The van der Waals surface area contributed by atoms with Gasteiger partial charge >= 0.3 is 0 Å². The maximum absolute atomic E-state index is 12.9. The predicted molar refractivity (Wildman–Crippen MR) is 107 cm³/mol. The molecule has 0 aliphatic carbocycles. The Morgan fingerprint density at radius 3 is 2.22 bits per heavy atom. The highest BCUT2D eigenvalue weighted by atomic mass is 32.2. The largest absolute Gasteiger partial charge is 0.296 e. The molecule has 1 fully saturated rings. The molecule has 0 saturated carbocycles. The second kappa shape index (κ2) is 8.12. The lowest BCUT2D eigenvalue weighted by Gasteiger charge is -2.34. The quantitative estimate of drug-likeness (QED) is 0.761. The van der Waals surface area contributed by atoms with Gasteiger partial charge in [0.15, 0.2) is 0 Å². The number of piperazine rings is 1. The number of aromatic nitrogens is 2. The monoisotopic (exact) mass is 390 g/mol. The molecular weight excluding hydrogens is 360 g/mol. The molecule has 148 valence electrons. The molecule has 0 unspecified atom stereocenters. The van der Waals surface area contributed by atoms with Gasteiger partial charge in [-0.25, -0.2) is 8.42 Å². The number of sulfonamides is 1. The van der Waals surface area contributed by atoms with Gasteiger partial charge < -0.3 is 0 Å². The van der Waals surface area contributed by atoms with Crippen molar-refractivity contribution in [3.63, 3.8) is 0 Å². The van der Waals surface area contributed by atoms with Gasteiger partial charge in [-0.1, -0.05) is 26.0 Å². The van der Waals surface area contributed by atoms with Crippen molar-refractivity contribution in [2.45, 2.75) is 51.6 Å². The molecular formula is C20H30N4O2S. The molecule has 1 aliphatic rings. The van der Waals surface area contributed by atoms with Gasteiger partial charge in [-0.05, 0) is 37.5 Å². The Morgan fingerprint density at radius 2 is 1.70 bits per heavy atom. The van der Waals surface area contributed by atoms with Crippen LogP contribution in [0, 0.1) is 6.92 Å². The predicted octanol–water partition coefficient (Wildman–Crippen LogP) is 2.84. The Labute approximate surface area is 162 Å². The number of aryl methyl sites for hydroxylation is 1. The van der Waals surface area contributed by atoms with Crippen molar-refractivity contribution in [2.24, 2.45) is 0 Å². The van der Waals surface area contributed by atoms with Gasteiger partial charge in [0.05, 0.1) is 11.1 Å². The summed E-state index contributed by atoms with van der Waals surface area (Å²) >= 11 is 0. The molecule has 2 heterocycles. The summed E-state index contributed by atoms with van der Waals surface area (Å²) in [6, 6.07) is 7.31. The fraction of sp³-hybridized carbons (Fsp3) is 0.550. The number of rotatable bonds is 6. The molecule has 3 rings (SSSR count). The van der Waals surface area contributed by atoms with Crippen molar-refractivity contribution in [1.82, 2.24) is 19.0 Å². The molecule has 0 atom stereocenters. The first-order chi connectivity index (χ1) is 12.8. The fourth-order valence-electron chi connectivity index (χ4n) is 3.50. The molecule has 6 nitrogen and oxygen atoms in total. The summed E-state index contributed by atoms with van der Waals surface area (Å²) in [4.78, 5) is 2.69. The summed E-state index contributed by atoms with van der Waals surface area (Å²) in [6.45, 7) is 12.6. The van der Waals surface area contributed by atoms with E-state index in [2.05, 4.69) is 37.7 Å². The summed E-state index contributed by atoms with van der Waals surface area (Å²) < 4.78 is 29.5. The lowest BCUT2D eigenvalue weighted by Crippen LogP contribution is -2.48. The van der Waals surface area contributed by atoms with Gasteiger partial charge in [0.1, 0.15) is 0 Å². The second-order valence-corrected chi connectivity index (χ2v) is 9.41. The Balaban J connectivity index is 1.63. The zero-order valence-electron chi connectivity index (χ0n) is 16.7. The Morgan fingerprint density at radius 1 is 1.07 bits per heavy atom. The lowest BCUT2D eigenvalue weighted by molar-refractivity contribution is 0.181. The smallest absolute Gasteiger partial charge is 0.243 e. The third-order valence-corrected chi connectivity index (χ3v) is 7.33. The van der Waals surface area contributed by atoms with E-state index in [1.807, 2.05) is 23.0 Å². The van der Waals surface area contributed by atoms with Crippen molar-refractivity contribution in [1.29, 1.82) is 0 Å². The average Bonchev–Trinajstić information content (AvgIpc) is 3.02. The minimum Gasteiger partial charge on any atom is -0.296 e. The maximum Gasteiger partial charge on any atom is 0.243 e. The molecule has 2 aromatic rings. The standard InChI is InChI=1S/C20H30N4O2S/c1-5-24-17(4)19(14-21-24)15-22-10-12-23(13-11-22)27(25,26)20-8-6-18(7-9-20)16(2)3/h6-9,14,16H,5,10-13,15H2,1-4H3. The number of hydrogen-bond acceptors (Lipinski definition) is 4. The topological polar surface area (TPSA) is 58.4 Å². The van der Waals surface area contributed by atoms with Crippen molar-refractivity contribution in [3.8, 4) is 0 Å². The van der Waals surface area contributed by atoms with E-state index in [9.17, 15) is 8.42 Å². The van der Waals surface area contributed by atoms with Crippen LogP contribution in [-0.2, 0) is 23.1 Å². The maximum atomic E-state index is 12.9. The van der Waals surface area contributed by atoms with Crippen LogP contribution in [-0.4, -0.2) is 53.6 Å². The first-order valence-electron chi connectivity index (χ1n) is 9.66. The SMILES string of the molecule is CCn1ncc(CN2CCN(S(=O)(=O)c3ccc(C(C)C)cc3)CC2)c1C. The van der Waals surface area contributed by atoms with Crippen LogP contribution in [0.4, 0.5) is 0 Å². The number of hydrogen-bond donors (Lipinski definition) is 0. The number of benzene rings is 1. The highest BCUT2D eigenvalue weighted by Crippen LogP contribution is 2.22. The second-order valence-electron chi connectivity index (χ2n) is 7.47. The molecule has 0 amide bonds. The van der Waals surface area contributed by atoms with Crippen molar-refractivity contribution in [3.05, 3.63) is 47.3 Å². The van der Waals surface area contributed by atoms with Gasteiger partial charge in [0.25, 0.3) is 0 Å². The third-order valence-electron chi connectivity index (χ3n) is 5.41. The van der Waals surface area contributed by atoms with Crippen molar-refractivity contribution in [2.75, 3.05) is 26.2 Å². The van der Waals surface area contributed by atoms with Crippen LogP contribution in [0.1, 0.15) is 43.5 Å². The molecule has 27 heavy (non-hydrogen) atoms. The molecule has 0 bridgehead atoms. The molecule has 0 spiro atoms. The summed E-state index contributed by atoms with van der Waals surface area (Å²) in [6.07, 6.45) is 1.93. The first kappa shape index (κ1) is 20.0. The zero-order chi connectivity index (χ0) is 19.6. The Kier molecular flexibility index (Phi) is 6.03. The van der Waals surface area contributed by atoms with Gasteiger partial charge in [-0.3, -0.25) is 9.58 Å². The van der Waals surface area contributed by atoms with E-state index in [1.54, 1.807) is 16.4 Å². The van der Waals surface area contributed by atoms with Crippen LogP contribution in [0.25, 0.3) is 0 Å². The molecule has 1 aliphatic heterocycles. The van der Waals surface area contributed by atoms with Crippen LogP contribution in [0.15, 0.2) is 35.4 Å². The first-order valence-corrected chi connectivity index (χ1v) is 11.1.